The van der Waals surface area contributed by atoms with Gasteiger partial charge in [0, 0.05) is 19.1 Å². The maximum atomic E-state index is 5.37. The van der Waals surface area contributed by atoms with Crippen molar-refractivity contribution < 1.29 is 4.74 Å². The second kappa shape index (κ2) is 5.98. The summed E-state index contributed by atoms with van der Waals surface area (Å²) < 4.78 is 5.33. The van der Waals surface area contributed by atoms with E-state index < -0.39 is 0 Å². The first-order valence-electron chi connectivity index (χ1n) is 6.41. The van der Waals surface area contributed by atoms with Gasteiger partial charge in [-0.05, 0) is 27.4 Å². The van der Waals surface area contributed by atoms with Crippen LogP contribution in [0.1, 0.15) is 13.3 Å². The van der Waals surface area contributed by atoms with E-state index in [-0.39, 0.29) is 0 Å². The van der Waals surface area contributed by atoms with Crippen LogP contribution in [0.3, 0.4) is 0 Å². The van der Waals surface area contributed by atoms with Gasteiger partial charge >= 0.3 is 6.01 Å². The van der Waals surface area contributed by atoms with Gasteiger partial charge in [-0.3, -0.25) is 5.43 Å². The van der Waals surface area contributed by atoms with E-state index in [2.05, 4.69) is 44.3 Å². The molecule has 0 radical (unpaired) electrons. The Morgan fingerprint density at radius 1 is 1.42 bits per heavy atom. The quantitative estimate of drug-likeness (QED) is 0.555. The molecule has 8 nitrogen and oxygen atoms in total. The zero-order valence-corrected chi connectivity index (χ0v) is 11.6. The highest BCUT2D eigenvalue weighted by Gasteiger charge is 2.26. The van der Waals surface area contributed by atoms with E-state index >= 15 is 0 Å². The second-order valence-corrected chi connectivity index (χ2v) is 4.67. The van der Waals surface area contributed by atoms with Crippen molar-refractivity contribution >= 4 is 11.9 Å². The molecule has 106 valence electrons. The van der Waals surface area contributed by atoms with Crippen LogP contribution in [0.2, 0.25) is 0 Å². The smallest absolute Gasteiger partial charge is 0.323 e. The van der Waals surface area contributed by atoms with Gasteiger partial charge in [0.15, 0.2) is 0 Å². The Hall–Kier alpha value is -1.67. The maximum absolute atomic E-state index is 5.37. The van der Waals surface area contributed by atoms with E-state index in [0.29, 0.717) is 30.6 Å². The molecule has 0 aromatic carbocycles. The molecule has 0 saturated carbocycles. The Morgan fingerprint density at radius 2 is 2.21 bits per heavy atom. The number of hydrazine groups is 1. The molecule has 1 aromatic rings. The SMILES string of the molecule is CCOc1nc(NN)nc(N2CCC(N(C)C)C2)n1. The zero-order valence-electron chi connectivity index (χ0n) is 11.6. The Morgan fingerprint density at radius 3 is 2.79 bits per heavy atom. The van der Waals surface area contributed by atoms with Crippen molar-refractivity contribution in [2.75, 3.05) is 44.1 Å². The van der Waals surface area contributed by atoms with Crippen LogP contribution in [-0.2, 0) is 0 Å². The molecule has 19 heavy (non-hydrogen) atoms. The Bertz CT molecular complexity index is 426. The maximum Gasteiger partial charge on any atom is 0.323 e. The third-order valence-electron chi connectivity index (χ3n) is 3.18. The van der Waals surface area contributed by atoms with Crippen LogP contribution in [0.4, 0.5) is 11.9 Å². The van der Waals surface area contributed by atoms with Crippen LogP contribution in [0.5, 0.6) is 6.01 Å². The summed E-state index contributed by atoms with van der Waals surface area (Å²) in [5, 5.41) is 0. The highest BCUT2D eigenvalue weighted by molar-refractivity contribution is 5.39. The van der Waals surface area contributed by atoms with Crippen LogP contribution in [0.15, 0.2) is 0 Å². The van der Waals surface area contributed by atoms with Crippen molar-refractivity contribution in [3.8, 4) is 6.01 Å². The van der Waals surface area contributed by atoms with Crippen molar-refractivity contribution in [2.45, 2.75) is 19.4 Å². The Labute approximate surface area is 112 Å². The van der Waals surface area contributed by atoms with E-state index in [1.54, 1.807) is 0 Å². The van der Waals surface area contributed by atoms with Gasteiger partial charge in [0.2, 0.25) is 11.9 Å². The summed E-state index contributed by atoms with van der Waals surface area (Å²) in [5.41, 5.74) is 2.44. The van der Waals surface area contributed by atoms with Gasteiger partial charge < -0.3 is 14.5 Å². The number of nitrogen functional groups attached to an aromatic ring is 1. The molecule has 0 spiro atoms. The molecular formula is C11H21N7O. The number of nitrogens with two attached hydrogens (primary N) is 1. The average molecular weight is 267 g/mol. The standard InChI is InChI=1S/C11H21N7O/c1-4-19-11-14-9(16-12)13-10(15-11)18-6-5-8(7-18)17(2)3/h8H,4-7,12H2,1-3H3,(H,13,14,15,16). The lowest BCUT2D eigenvalue weighted by Gasteiger charge is -2.20. The van der Waals surface area contributed by atoms with Crippen LogP contribution in [0, 0.1) is 0 Å². The Kier molecular flexibility index (Phi) is 4.33. The second-order valence-electron chi connectivity index (χ2n) is 4.67. The molecule has 3 N–H and O–H groups in total. The molecule has 0 aliphatic carbocycles. The monoisotopic (exact) mass is 267 g/mol. The largest absolute Gasteiger partial charge is 0.464 e. The molecule has 1 aliphatic heterocycles. The molecule has 1 aliphatic rings. The number of nitrogens with one attached hydrogen (secondary N) is 1. The number of rotatable bonds is 5. The summed E-state index contributed by atoms with van der Waals surface area (Å²) in [7, 11) is 4.17. The Balaban J connectivity index is 2.17. The molecule has 8 heteroatoms. The lowest BCUT2D eigenvalue weighted by molar-refractivity contribution is 0.310. The summed E-state index contributed by atoms with van der Waals surface area (Å²) in [6.07, 6.45) is 1.09. The van der Waals surface area contributed by atoms with Gasteiger partial charge in [0.05, 0.1) is 6.61 Å². The first-order valence-corrected chi connectivity index (χ1v) is 6.41. The lowest BCUT2D eigenvalue weighted by Crippen LogP contribution is -2.32. The molecular weight excluding hydrogens is 246 g/mol. The first-order chi connectivity index (χ1) is 9.13. The highest BCUT2D eigenvalue weighted by Crippen LogP contribution is 2.21. The minimum Gasteiger partial charge on any atom is -0.464 e. The van der Waals surface area contributed by atoms with Crippen molar-refractivity contribution in [1.82, 2.24) is 19.9 Å². The van der Waals surface area contributed by atoms with Gasteiger partial charge in [-0.25, -0.2) is 5.84 Å². The fourth-order valence-electron chi connectivity index (χ4n) is 2.09. The number of nitrogens with zero attached hydrogens (tertiary/aromatic N) is 5. The van der Waals surface area contributed by atoms with Gasteiger partial charge in [-0.2, -0.15) is 15.0 Å². The minimum absolute atomic E-state index is 0.300. The summed E-state index contributed by atoms with van der Waals surface area (Å²) in [6, 6.07) is 0.815. The van der Waals surface area contributed by atoms with Gasteiger partial charge in [-0.15, -0.1) is 0 Å². The topological polar surface area (TPSA) is 92.4 Å². The van der Waals surface area contributed by atoms with Crippen molar-refractivity contribution in [1.29, 1.82) is 0 Å². The first kappa shape index (κ1) is 13.8. The number of likely N-dealkylation sites (N-methyl/N-ethyl adjacent to an activating group) is 1. The van der Waals surface area contributed by atoms with Crippen molar-refractivity contribution in [2.24, 2.45) is 5.84 Å². The van der Waals surface area contributed by atoms with Gasteiger partial charge in [0.25, 0.3) is 0 Å². The number of anilines is 2. The fourth-order valence-corrected chi connectivity index (χ4v) is 2.09. The van der Waals surface area contributed by atoms with Crippen LogP contribution >= 0.6 is 0 Å². The molecule has 1 fully saturated rings. The van der Waals surface area contributed by atoms with Gasteiger partial charge in [-0.1, -0.05) is 0 Å². The van der Waals surface area contributed by atoms with E-state index in [9.17, 15) is 0 Å². The third kappa shape index (κ3) is 3.21. The highest BCUT2D eigenvalue weighted by atomic mass is 16.5. The zero-order chi connectivity index (χ0) is 13.8. The van der Waals surface area contributed by atoms with Gasteiger partial charge in [0.1, 0.15) is 0 Å². The number of hydrogen-bond acceptors (Lipinski definition) is 8. The number of hydrogen-bond donors (Lipinski definition) is 2. The molecule has 1 saturated heterocycles. The van der Waals surface area contributed by atoms with E-state index in [0.717, 1.165) is 19.5 Å². The average Bonchev–Trinajstić information content (AvgIpc) is 2.88. The molecule has 0 amide bonds. The molecule has 1 unspecified atom stereocenters. The normalized spacial score (nSPS) is 19.0. The summed E-state index contributed by atoms with van der Waals surface area (Å²) in [6.45, 7) is 4.21. The minimum atomic E-state index is 0.300. The number of aromatic nitrogens is 3. The van der Waals surface area contributed by atoms with Crippen molar-refractivity contribution in [3.63, 3.8) is 0 Å². The fraction of sp³-hybridized carbons (Fsp3) is 0.727. The van der Waals surface area contributed by atoms with Crippen LogP contribution < -0.4 is 20.9 Å². The van der Waals surface area contributed by atoms with Crippen LogP contribution in [0.25, 0.3) is 0 Å². The van der Waals surface area contributed by atoms with Crippen molar-refractivity contribution in [3.05, 3.63) is 0 Å². The molecule has 1 aromatic heterocycles. The molecule has 2 rings (SSSR count). The summed E-state index contributed by atoms with van der Waals surface area (Å²) in [5.74, 6) is 6.30. The summed E-state index contributed by atoms with van der Waals surface area (Å²) in [4.78, 5) is 17.0. The third-order valence-corrected chi connectivity index (χ3v) is 3.18. The predicted octanol–water partition coefficient (Wildman–Crippen LogP) is -0.304. The van der Waals surface area contributed by atoms with E-state index in [4.69, 9.17) is 10.6 Å². The van der Waals surface area contributed by atoms with E-state index in [1.807, 2.05) is 6.92 Å². The van der Waals surface area contributed by atoms with E-state index in [1.165, 1.54) is 0 Å². The molecule has 0 bridgehead atoms. The molecule has 2 heterocycles. The number of ether oxygens (including phenoxy) is 1. The van der Waals surface area contributed by atoms with Crippen LogP contribution in [-0.4, -0.2) is 59.7 Å². The molecule has 1 atom stereocenters. The lowest BCUT2D eigenvalue weighted by atomic mass is 10.2. The predicted molar refractivity (Wildman–Crippen MR) is 73.1 cm³/mol. The summed E-state index contributed by atoms with van der Waals surface area (Å²) >= 11 is 0.